The van der Waals surface area contributed by atoms with Gasteiger partial charge in [0, 0.05) is 12.6 Å². The van der Waals surface area contributed by atoms with E-state index in [1.807, 2.05) is 0 Å². The van der Waals surface area contributed by atoms with Crippen LogP contribution in [-0.2, 0) is 0 Å². The SMILES string of the molecule is C=CC(O)C(O)C(O)CC=NO. The van der Waals surface area contributed by atoms with E-state index < -0.39 is 18.3 Å². The minimum Gasteiger partial charge on any atom is -0.411 e. The molecule has 0 radical (unpaired) electrons. The van der Waals surface area contributed by atoms with E-state index in [1.54, 1.807) is 0 Å². The summed E-state index contributed by atoms with van der Waals surface area (Å²) in [6, 6.07) is 0. The summed E-state index contributed by atoms with van der Waals surface area (Å²) in [6.45, 7) is 3.24. The normalized spacial score (nSPS) is 18.9. The maximum absolute atomic E-state index is 9.10. The molecule has 0 spiro atoms. The van der Waals surface area contributed by atoms with E-state index in [9.17, 15) is 0 Å². The van der Waals surface area contributed by atoms with Crippen LogP contribution < -0.4 is 0 Å². The van der Waals surface area contributed by atoms with Crippen molar-refractivity contribution in [1.29, 1.82) is 0 Å². The van der Waals surface area contributed by atoms with Gasteiger partial charge in [-0.25, -0.2) is 0 Å². The van der Waals surface area contributed by atoms with Crippen LogP contribution in [0.5, 0.6) is 0 Å². The molecule has 0 saturated carbocycles. The molecule has 12 heavy (non-hydrogen) atoms. The third kappa shape index (κ3) is 3.47. The van der Waals surface area contributed by atoms with Crippen molar-refractivity contribution in [1.82, 2.24) is 0 Å². The number of oxime groups is 1. The molecule has 5 heteroatoms. The minimum absolute atomic E-state index is 0.0252. The highest BCUT2D eigenvalue weighted by molar-refractivity contribution is 5.56. The molecule has 4 N–H and O–H groups in total. The lowest BCUT2D eigenvalue weighted by Crippen LogP contribution is -2.36. The molecule has 70 valence electrons. The lowest BCUT2D eigenvalue weighted by atomic mass is 10.1. The molecule has 0 aromatic rings. The quantitative estimate of drug-likeness (QED) is 0.189. The van der Waals surface area contributed by atoms with E-state index in [2.05, 4.69) is 11.7 Å². The van der Waals surface area contributed by atoms with Crippen molar-refractivity contribution in [3.63, 3.8) is 0 Å². The van der Waals surface area contributed by atoms with Crippen LogP contribution in [0.25, 0.3) is 0 Å². The van der Waals surface area contributed by atoms with Gasteiger partial charge in [0.15, 0.2) is 0 Å². The zero-order chi connectivity index (χ0) is 9.56. The maximum atomic E-state index is 9.10. The van der Waals surface area contributed by atoms with Gasteiger partial charge in [-0.05, 0) is 0 Å². The summed E-state index contributed by atoms with van der Waals surface area (Å²) < 4.78 is 0. The van der Waals surface area contributed by atoms with Crippen LogP contribution in [0.15, 0.2) is 17.8 Å². The second-order valence-corrected chi connectivity index (χ2v) is 2.32. The first-order valence-corrected chi connectivity index (χ1v) is 3.46. The van der Waals surface area contributed by atoms with Gasteiger partial charge in [-0.1, -0.05) is 6.08 Å². The van der Waals surface area contributed by atoms with Gasteiger partial charge in [-0.2, -0.15) is 0 Å². The highest BCUT2D eigenvalue weighted by atomic mass is 16.4. The first-order chi connectivity index (χ1) is 5.63. The molecule has 0 fully saturated rings. The van der Waals surface area contributed by atoms with E-state index in [0.717, 1.165) is 12.3 Å². The number of hydrogen-bond donors (Lipinski definition) is 4. The molecule has 0 aromatic heterocycles. The first-order valence-electron chi connectivity index (χ1n) is 3.46. The summed E-state index contributed by atoms with van der Waals surface area (Å²) in [5, 5.41) is 37.8. The Hall–Kier alpha value is -0.910. The van der Waals surface area contributed by atoms with Gasteiger partial charge in [0.1, 0.15) is 12.2 Å². The summed E-state index contributed by atoms with van der Waals surface area (Å²) in [5.41, 5.74) is 0. The molecule has 0 aliphatic rings. The van der Waals surface area contributed by atoms with E-state index in [-0.39, 0.29) is 6.42 Å². The highest BCUT2D eigenvalue weighted by Gasteiger charge is 2.21. The van der Waals surface area contributed by atoms with E-state index >= 15 is 0 Å². The summed E-state index contributed by atoms with van der Waals surface area (Å²) in [5.74, 6) is 0. The van der Waals surface area contributed by atoms with Crippen molar-refractivity contribution < 1.29 is 20.5 Å². The lowest BCUT2D eigenvalue weighted by molar-refractivity contribution is -0.0372. The van der Waals surface area contributed by atoms with Crippen LogP contribution >= 0.6 is 0 Å². The van der Waals surface area contributed by atoms with Crippen LogP contribution in [0.2, 0.25) is 0 Å². The highest BCUT2D eigenvalue weighted by Crippen LogP contribution is 2.03. The molecule has 0 aliphatic carbocycles. The Morgan fingerprint density at radius 1 is 1.33 bits per heavy atom. The van der Waals surface area contributed by atoms with E-state index in [4.69, 9.17) is 20.5 Å². The Bertz CT molecular complexity index is 159. The fraction of sp³-hybridized carbons (Fsp3) is 0.571. The van der Waals surface area contributed by atoms with Crippen molar-refractivity contribution in [3.05, 3.63) is 12.7 Å². The topological polar surface area (TPSA) is 93.3 Å². The van der Waals surface area contributed by atoms with Gasteiger partial charge < -0.3 is 20.5 Å². The number of nitrogens with zero attached hydrogens (tertiary/aromatic N) is 1. The molecule has 3 unspecified atom stereocenters. The molecule has 0 rings (SSSR count). The van der Waals surface area contributed by atoms with Crippen molar-refractivity contribution in [2.75, 3.05) is 0 Å². The van der Waals surface area contributed by atoms with Crippen LogP contribution in [0.3, 0.4) is 0 Å². The fourth-order valence-electron chi connectivity index (χ4n) is 0.662. The predicted molar refractivity (Wildman–Crippen MR) is 43.1 cm³/mol. The van der Waals surface area contributed by atoms with Crippen molar-refractivity contribution in [2.45, 2.75) is 24.7 Å². The molecule has 3 atom stereocenters. The molecule has 0 amide bonds. The number of rotatable bonds is 5. The fourth-order valence-corrected chi connectivity index (χ4v) is 0.662. The average molecular weight is 175 g/mol. The molecule has 0 bridgehead atoms. The molecule has 0 heterocycles. The summed E-state index contributed by atoms with van der Waals surface area (Å²) in [4.78, 5) is 0. The number of hydrogen-bond acceptors (Lipinski definition) is 5. The van der Waals surface area contributed by atoms with Crippen molar-refractivity contribution in [2.24, 2.45) is 5.16 Å². The van der Waals surface area contributed by atoms with E-state index in [0.29, 0.717) is 0 Å². The maximum Gasteiger partial charge on any atom is 0.110 e. The molecule has 0 aromatic carbocycles. The summed E-state index contributed by atoms with van der Waals surface area (Å²) in [7, 11) is 0. The Morgan fingerprint density at radius 3 is 2.33 bits per heavy atom. The zero-order valence-electron chi connectivity index (χ0n) is 6.54. The minimum atomic E-state index is -1.31. The van der Waals surface area contributed by atoms with Crippen LogP contribution in [-0.4, -0.2) is 45.1 Å². The van der Waals surface area contributed by atoms with Gasteiger partial charge >= 0.3 is 0 Å². The van der Waals surface area contributed by atoms with Gasteiger partial charge in [-0.15, -0.1) is 11.7 Å². The van der Waals surface area contributed by atoms with Gasteiger partial charge in [-0.3, -0.25) is 0 Å². The van der Waals surface area contributed by atoms with Gasteiger partial charge in [0.05, 0.1) is 6.10 Å². The van der Waals surface area contributed by atoms with E-state index in [1.165, 1.54) is 0 Å². The van der Waals surface area contributed by atoms with Gasteiger partial charge in [0.25, 0.3) is 0 Å². The average Bonchev–Trinajstić information content (AvgIpc) is 2.11. The Labute approximate surface area is 70.3 Å². The zero-order valence-corrected chi connectivity index (χ0v) is 6.54. The van der Waals surface area contributed by atoms with Gasteiger partial charge in [0.2, 0.25) is 0 Å². The lowest BCUT2D eigenvalue weighted by Gasteiger charge is -2.18. The van der Waals surface area contributed by atoms with Crippen LogP contribution in [0.1, 0.15) is 6.42 Å². The molecular weight excluding hydrogens is 162 g/mol. The molecule has 0 saturated heterocycles. The van der Waals surface area contributed by atoms with Crippen LogP contribution in [0, 0.1) is 0 Å². The standard InChI is InChI=1S/C7H13NO4/c1-2-5(9)7(11)6(10)3-4-8-12/h2,4-7,9-12H,1,3H2. The smallest absolute Gasteiger partial charge is 0.110 e. The van der Waals surface area contributed by atoms with Crippen molar-refractivity contribution >= 4 is 6.21 Å². The monoisotopic (exact) mass is 175 g/mol. The molecule has 0 aliphatic heterocycles. The third-order valence-electron chi connectivity index (χ3n) is 1.41. The number of aliphatic hydroxyl groups excluding tert-OH is 3. The second kappa shape index (κ2) is 5.70. The Balaban J connectivity index is 3.90. The third-order valence-corrected chi connectivity index (χ3v) is 1.41. The molecular formula is C7H13NO4. The Kier molecular flexibility index (Phi) is 5.27. The first kappa shape index (κ1) is 11.1. The largest absolute Gasteiger partial charge is 0.411 e. The predicted octanol–water partition coefficient (Wildman–Crippen LogP) is -0.895. The van der Waals surface area contributed by atoms with Crippen LogP contribution in [0.4, 0.5) is 0 Å². The second-order valence-electron chi connectivity index (χ2n) is 2.32. The van der Waals surface area contributed by atoms with Crippen molar-refractivity contribution in [3.8, 4) is 0 Å². The summed E-state index contributed by atoms with van der Waals surface area (Å²) in [6.07, 6.45) is -1.52. The molecule has 5 nitrogen and oxygen atoms in total. The Morgan fingerprint density at radius 2 is 1.92 bits per heavy atom. The number of aliphatic hydroxyl groups is 3. The summed E-state index contributed by atoms with van der Waals surface area (Å²) >= 11 is 0.